The first kappa shape index (κ1) is 9.70. The van der Waals surface area contributed by atoms with Crippen LogP contribution >= 0.6 is 0 Å². The van der Waals surface area contributed by atoms with Gasteiger partial charge in [-0.05, 0) is 20.8 Å². The Morgan fingerprint density at radius 3 is 2.36 bits per heavy atom. The van der Waals surface area contributed by atoms with E-state index in [2.05, 4.69) is 4.74 Å². The average molecular weight is 153 g/mol. The molecule has 0 aromatic rings. The van der Waals surface area contributed by atoms with E-state index < -0.39 is 5.97 Å². The Labute approximate surface area is 66.3 Å². The second-order valence-electron chi connectivity index (χ2n) is 2.36. The first-order valence-electron chi connectivity index (χ1n) is 3.27. The highest BCUT2D eigenvalue weighted by Gasteiger charge is 2.05. The molecule has 0 saturated carbocycles. The van der Waals surface area contributed by atoms with Gasteiger partial charge in [-0.3, -0.25) is 0 Å². The molecule has 0 aromatic heterocycles. The van der Waals surface area contributed by atoms with E-state index in [-0.39, 0.29) is 6.61 Å². The average Bonchev–Trinajstić information content (AvgIpc) is 1.98. The van der Waals surface area contributed by atoms with E-state index in [1.54, 1.807) is 13.0 Å². The van der Waals surface area contributed by atoms with E-state index in [4.69, 9.17) is 5.26 Å². The summed E-state index contributed by atoms with van der Waals surface area (Å²) in [5.41, 5.74) is 1.48. The highest BCUT2D eigenvalue weighted by molar-refractivity contribution is 5.88. The summed E-state index contributed by atoms with van der Waals surface area (Å²) in [7, 11) is 0. The van der Waals surface area contributed by atoms with Crippen molar-refractivity contribution in [1.29, 1.82) is 5.26 Å². The summed E-state index contributed by atoms with van der Waals surface area (Å²) in [5.74, 6) is -0.411. The zero-order chi connectivity index (χ0) is 8.85. The van der Waals surface area contributed by atoms with Crippen LogP contribution in [-0.2, 0) is 9.53 Å². The Morgan fingerprint density at radius 2 is 2.00 bits per heavy atom. The molecule has 3 heteroatoms. The molecule has 0 unspecified atom stereocenters. The third-order valence-corrected chi connectivity index (χ3v) is 1.32. The lowest BCUT2D eigenvalue weighted by atomic mass is 10.2. The molecule has 0 saturated heterocycles. The minimum absolute atomic E-state index is 0.177. The number of rotatable bonds is 2. The maximum absolute atomic E-state index is 10.9. The largest absolute Gasteiger partial charge is 0.447 e. The summed E-state index contributed by atoms with van der Waals surface area (Å²) >= 11 is 0. The standard InChI is InChI=1S/C8H11NO2/c1-6(2)7(3)8(10)11-5-4-9/h5H2,1-3H3. The lowest BCUT2D eigenvalue weighted by Gasteiger charge is -2.00. The molecule has 0 aliphatic carbocycles. The summed E-state index contributed by atoms with van der Waals surface area (Å²) in [6.45, 7) is 5.14. The third kappa shape index (κ3) is 3.41. The summed E-state index contributed by atoms with van der Waals surface area (Å²) in [6.07, 6.45) is 0. The molecule has 0 bridgehead atoms. The maximum atomic E-state index is 10.9. The molecule has 0 aromatic carbocycles. The van der Waals surface area contributed by atoms with Crippen molar-refractivity contribution in [2.75, 3.05) is 6.61 Å². The highest BCUT2D eigenvalue weighted by atomic mass is 16.5. The van der Waals surface area contributed by atoms with Crippen molar-refractivity contribution < 1.29 is 9.53 Å². The van der Waals surface area contributed by atoms with Gasteiger partial charge in [-0.1, -0.05) is 5.57 Å². The summed E-state index contributed by atoms with van der Waals surface area (Å²) < 4.78 is 4.56. The van der Waals surface area contributed by atoms with Crippen molar-refractivity contribution in [1.82, 2.24) is 0 Å². The van der Waals surface area contributed by atoms with Crippen molar-refractivity contribution >= 4 is 5.97 Å². The normalized spacial score (nSPS) is 8.18. The molecule has 3 nitrogen and oxygen atoms in total. The number of esters is 1. The minimum atomic E-state index is -0.411. The summed E-state index contributed by atoms with van der Waals surface area (Å²) in [4.78, 5) is 10.9. The Bertz CT molecular complexity index is 219. The number of allylic oxidation sites excluding steroid dienone is 1. The SMILES string of the molecule is CC(C)=C(C)C(=O)OCC#N. The predicted octanol–water partition coefficient (Wildman–Crippen LogP) is 1.41. The van der Waals surface area contributed by atoms with E-state index in [9.17, 15) is 4.79 Å². The van der Waals surface area contributed by atoms with Crippen LogP contribution in [0.15, 0.2) is 11.1 Å². The van der Waals surface area contributed by atoms with Crippen molar-refractivity contribution in [3.63, 3.8) is 0 Å². The quantitative estimate of drug-likeness (QED) is 0.445. The number of hydrogen-bond donors (Lipinski definition) is 0. The van der Waals surface area contributed by atoms with Gasteiger partial charge < -0.3 is 4.74 Å². The molecule has 0 rings (SSSR count). The molecule has 0 atom stereocenters. The van der Waals surface area contributed by atoms with Crippen molar-refractivity contribution in [3.8, 4) is 6.07 Å². The molecule has 60 valence electrons. The topological polar surface area (TPSA) is 50.1 Å². The van der Waals surface area contributed by atoms with Crippen LogP contribution in [0.2, 0.25) is 0 Å². The monoisotopic (exact) mass is 153 g/mol. The Hall–Kier alpha value is -1.30. The van der Waals surface area contributed by atoms with Gasteiger partial charge in [0.2, 0.25) is 0 Å². The number of carbonyl (C=O) groups is 1. The van der Waals surface area contributed by atoms with Gasteiger partial charge in [0.1, 0.15) is 6.07 Å². The number of nitrogens with zero attached hydrogens (tertiary/aromatic N) is 1. The van der Waals surface area contributed by atoms with Crippen LogP contribution in [0, 0.1) is 11.3 Å². The van der Waals surface area contributed by atoms with Gasteiger partial charge in [-0.15, -0.1) is 0 Å². The molecule has 0 fully saturated rings. The van der Waals surface area contributed by atoms with Gasteiger partial charge in [0.15, 0.2) is 6.61 Å². The second kappa shape index (κ2) is 4.51. The fraction of sp³-hybridized carbons (Fsp3) is 0.500. The molecule has 0 aliphatic rings. The lowest BCUT2D eigenvalue weighted by Crippen LogP contribution is -2.06. The zero-order valence-electron chi connectivity index (χ0n) is 6.97. The molecular weight excluding hydrogens is 142 g/mol. The Balaban J connectivity index is 4.08. The number of hydrogen-bond acceptors (Lipinski definition) is 3. The number of ether oxygens (including phenoxy) is 1. The van der Waals surface area contributed by atoms with Gasteiger partial charge >= 0.3 is 5.97 Å². The first-order chi connectivity index (χ1) is 5.09. The Morgan fingerprint density at radius 1 is 1.45 bits per heavy atom. The Kier molecular flexibility index (Phi) is 3.97. The van der Waals surface area contributed by atoms with E-state index >= 15 is 0 Å². The summed E-state index contributed by atoms with van der Waals surface area (Å²) in [5, 5.41) is 8.09. The van der Waals surface area contributed by atoms with E-state index in [1.807, 2.05) is 13.8 Å². The van der Waals surface area contributed by atoms with Gasteiger partial charge in [0, 0.05) is 5.57 Å². The van der Waals surface area contributed by atoms with Crippen LogP contribution in [-0.4, -0.2) is 12.6 Å². The van der Waals surface area contributed by atoms with E-state index in [1.165, 1.54) is 0 Å². The number of carbonyl (C=O) groups excluding carboxylic acids is 1. The highest BCUT2D eigenvalue weighted by Crippen LogP contribution is 2.03. The molecular formula is C8H11NO2. The zero-order valence-corrected chi connectivity index (χ0v) is 6.97. The van der Waals surface area contributed by atoms with Gasteiger partial charge in [-0.25, -0.2) is 4.79 Å². The van der Waals surface area contributed by atoms with Crippen LogP contribution in [0.1, 0.15) is 20.8 Å². The van der Waals surface area contributed by atoms with Crippen LogP contribution in [0.4, 0.5) is 0 Å². The molecule has 0 aliphatic heterocycles. The van der Waals surface area contributed by atoms with Crippen LogP contribution in [0.25, 0.3) is 0 Å². The lowest BCUT2D eigenvalue weighted by molar-refractivity contribution is -0.137. The smallest absolute Gasteiger partial charge is 0.334 e. The van der Waals surface area contributed by atoms with Crippen molar-refractivity contribution in [2.45, 2.75) is 20.8 Å². The molecule has 0 radical (unpaired) electrons. The molecule has 0 N–H and O–H groups in total. The van der Waals surface area contributed by atoms with Gasteiger partial charge in [0.05, 0.1) is 0 Å². The van der Waals surface area contributed by atoms with Gasteiger partial charge in [-0.2, -0.15) is 5.26 Å². The second-order valence-corrected chi connectivity index (χ2v) is 2.36. The van der Waals surface area contributed by atoms with Crippen LogP contribution in [0.3, 0.4) is 0 Å². The third-order valence-electron chi connectivity index (χ3n) is 1.32. The first-order valence-corrected chi connectivity index (χ1v) is 3.27. The van der Waals surface area contributed by atoms with Crippen LogP contribution in [0.5, 0.6) is 0 Å². The van der Waals surface area contributed by atoms with Gasteiger partial charge in [0.25, 0.3) is 0 Å². The minimum Gasteiger partial charge on any atom is -0.447 e. The summed E-state index contributed by atoms with van der Waals surface area (Å²) in [6, 6.07) is 1.73. The molecule has 11 heavy (non-hydrogen) atoms. The predicted molar refractivity (Wildman–Crippen MR) is 40.6 cm³/mol. The molecule has 0 amide bonds. The number of nitriles is 1. The van der Waals surface area contributed by atoms with Crippen molar-refractivity contribution in [2.24, 2.45) is 0 Å². The van der Waals surface area contributed by atoms with Crippen molar-refractivity contribution in [3.05, 3.63) is 11.1 Å². The fourth-order valence-corrected chi connectivity index (χ4v) is 0.410. The molecule has 0 heterocycles. The fourth-order valence-electron chi connectivity index (χ4n) is 0.410. The van der Waals surface area contributed by atoms with Crippen LogP contribution < -0.4 is 0 Å². The maximum Gasteiger partial charge on any atom is 0.334 e. The van der Waals surface area contributed by atoms with E-state index in [0.717, 1.165) is 5.57 Å². The molecule has 0 spiro atoms. The van der Waals surface area contributed by atoms with E-state index in [0.29, 0.717) is 5.57 Å².